The molecule has 0 radical (unpaired) electrons. The largest absolute Gasteiger partial charge is 0.493 e. The number of carbonyl (C=O) groups excluding carboxylic acids is 1. The molecule has 0 aromatic heterocycles. The van der Waals surface area contributed by atoms with Gasteiger partial charge in [0.2, 0.25) is 10.0 Å². The fourth-order valence-corrected chi connectivity index (χ4v) is 3.83. The quantitative estimate of drug-likeness (QED) is 0.762. The SMILES string of the molecule is CCN(c1cc(OC)c(OC)cc1C(=O)Nc1ccc(C)c(C)c1)S(C)(=O)=O. The standard InChI is InChI=1S/C20H26N2O5S/c1-7-22(28(6,24)25)17-12-19(27-5)18(26-4)11-16(17)20(23)21-15-9-8-13(2)14(3)10-15/h8-12H,7H2,1-6H3,(H,21,23). The first-order valence-corrected chi connectivity index (χ1v) is 10.6. The first kappa shape index (κ1) is 21.6. The molecule has 0 aliphatic heterocycles. The number of aryl methyl sites for hydroxylation is 2. The lowest BCUT2D eigenvalue weighted by molar-refractivity contribution is 0.102. The number of hydrogen-bond acceptors (Lipinski definition) is 5. The molecule has 8 heteroatoms. The van der Waals surface area contributed by atoms with Gasteiger partial charge in [-0.15, -0.1) is 0 Å². The van der Waals surface area contributed by atoms with E-state index in [0.717, 1.165) is 21.7 Å². The van der Waals surface area contributed by atoms with E-state index in [4.69, 9.17) is 9.47 Å². The first-order valence-electron chi connectivity index (χ1n) is 8.74. The molecule has 0 aliphatic rings. The Hall–Kier alpha value is -2.74. The highest BCUT2D eigenvalue weighted by Crippen LogP contribution is 2.36. The van der Waals surface area contributed by atoms with Gasteiger partial charge in [0.05, 0.1) is 31.7 Å². The third-order valence-electron chi connectivity index (χ3n) is 4.47. The lowest BCUT2D eigenvalue weighted by atomic mass is 10.1. The van der Waals surface area contributed by atoms with Crippen LogP contribution >= 0.6 is 0 Å². The van der Waals surface area contributed by atoms with Crippen molar-refractivity contribution in [2.45, 2.75) is 20.8 Å². The van der Waals surface area contributed by atoms with Crippen molar-refractivity contribution in [2.24, 2.45) is 0 Å². The third-order valence-corrected chi connectivity index (χ3v) is 5.72. The third kappa shape index (κ3) is 4.56. The zero-order valence-corrected chi connectivity index (χ0v) is 17.8. The van der Waals surface area contributed by atoms with Crippen molar-refractivity contribution in [3.05, 3.63) is 47.0 Å². The van der Waals surface area contributed by atoms with Crippen molar-refractivity contribution in [3.63, 3.8) is 0 Å². The second kappa shape index (κ2) is 8.52. The molecule has 0 fully saturated rings. The number of sulfonamides is 1. The molecule has 0 unspecified atom stereocenters. The van der Waals surface area contributed by atoms with Crippen LogP contribution in [0.15, 0.2) is 30.3 Å². The Kier molecular flexibility index (Phi) is 6.56. The van der Waals surface area contributed by atoms with E-state index in [9.17, 15) is 13.2 Å². The zero-order valence-electron chi connectivity index (χ0n) is 17.0. The smallest absolute Gasteiger partial charge is 0.257 e. The van der Waals surface area contributed by atoms with Crippen LogP contribution in [0.1, 0.15) is 28.4 Å². The molecule has 0 aliphatic carbocycles. The van der Waals surface area contributed by atoms with Crippen LogP contribution in [0, 0.1) is 13.8 Å². The summed E-state index contributed by atoms with van der Waals surface area (Å²) in [7, 11) is -0.690. The molecule has 2 rings (SSSR count). The Labute approximate surface area is 166 Å². The first-order chi connectivity index (χ1) is 13.1. The molecule has 2 aromatic carbocycles. The maximum absolute atomic E-state index is 13.0. The minimum atomic E-state index is -3.60. The number of hydrogen-bond donors (Lipinski definition) is 1. The fraction of sp³-hybridized carbons (Fsp3) is 0.350. The molecule has 0 heterocycles. The van der Waals surface area contributed by atoms with Gasteiger partial charge in [0.15, 0.2) is 11.5 Å². The molecule has 152 valence electrons. The topological polar surface area (TPSA) is 84.9 Å². The molecule has 0 bridgehead atoms. The van der Waals surface area contributed by atoms with E-state index in [1.807, 2.05) is 26.0 Å². The van der Waals surface area contributed by atoms with Crippen molar-refractivity contribution < 1.29 is 22.7 Å². The monoisotopic (exact) mass is 406 g/mol. The fourth-order valence-electron chi connectivity index (χ4n) is 2.86. The van der Waals surface area contributed by atoms with Crippen LogP contribution in [-0.2, 0) is 10.0 Å². The Morgan fingerprint density at radius 3 is 2.14 bits per heavy atom. The Balaban J connectivity index is 2.59. The van der Waals surface area contributed by atoms with E-state index in [1.54, 1.807) is 13.0 Å². The summed E-state index contributed by atoms with van der Waals surface area (Å²) >= 11 is 0. The van der Waals surface area contributed by atoms with E-state index in [-0.39, 0.29) is 17.8 Å². The van der Waals surface area contributed by atoms with Gasteiger partial charge in [-0.1, -0.05) is 6.07 Å². The maximum Gasteiger partial charge on any atom is 0.257 e. The van der Waals surface area contributed by atoms with Crippen LogP contribution in [-0.4, -0.2) is 41.3 Å². The van der Waals surface area contributed by atoms with Crippen LogP contribution in [0.3, 0.4) is 0 Å². The number of amides is 1. The highest BCUT2D eigenvalue weighted by atomic mass is 32.2. The van der Waals surface area contributed by atoms with Gasteiger partial charge in [0.25, 0.3) is 5.91 Å². The highest BCUT2D eigenvalue weighted by molar-refractivity contribution is 7.92. The Morgan fingerprint density at radius 2 is 1.64 bits per heavy atom. The highest BCUT2D eigenvalue weighted by Gasteiger charge is 2.25. The molecular weight excluding hydrogens is 380 g/mol. The molecule has 0 atom stereocenters. The van der Waals surface area contributed by atoms with Crippen LogP contribution in [0.5, 0.6) is 11.5 Å². The summed E-state index contributed by atoms with van der Waals surface area (Å²) in [5.41, 5.74) is 3.17. The van der Waals surface area contributed by atoms with Crippen molar-refractivity contribution in [2.75, 3.05) is 36.6 Å². The molecule has 28 heavy (non-hydrogen) atoms. The van der Waals surface area contributed by atoms with E-state index in [0.29, 0.717) is 17.2 Å². The van der Waals surface area contributed by atoms with E-state index >= 15 is 0 Å². The second-order valence-corrected chi connectivity index (χ2v) is 8.31. The van der Waals surface area contributed by atoms with Crippen LogP contribution in [0.2, 0.25) is 0 Å². The average Bonchev–Trinajstić information content (AvgIpc) is 2.63. The summed E-state index contributed by atoms with van der Waals surface area (Å²) in [6.07, 6.45) is 1.10. The summed E-state index contributed by atoms with van der Waals surface area (Å²) in [6, 6.07) is 8.56. The minimum Gasteiger partial charge on any atom is -0.493 e. The zero-order chi connectivity index (χ0) is 21.1. The number of carbonyl (C=O) groups is 1. The second-order valence-electron chi connectivity index (χ2n) is 6.41. The van der Waals surface area contributed by atoms with Crippen LogP contribution in [0.4, 0.5) is 11.4 Å². The molecule has 0 saturated heterocycles. The summed E-state index contributed by atoms with van der Waals surface area (Å²) in [4.78, 5) is 13.0. The number of rotatable bonds is 7. The summed E-state index contributed by atoms with van der Waals surface area (Å²) in [5, 5.41) is 2.83. The van der Waals surface area contributed by atoms with Crippen molar-refractivity contribution in [3.8, 4) is 11.5 Å². The number of benzene rings is 2. The molecule has 0 saturated carbocycles. The molecule has 2 aromatic rings. The van der Waals surface area contributed by atoms with Gasteiger partial charge in [-0.25, -0.2) is 8.42 Å². The minimum absolute atomic E-state index is 0.165. The van der Waals surface area contributed by atoms with Crippen LogP contribution in [0.25, 0.3) is 0 Å². The van der Waals surface area contributed by atoms with Crippen molar-refractivity contribution in [1.29, 1.82) is 0 Å². The van der Waals surface area contributed by atoms with E-state index in [1.165, 1.54) is 26.4 Å². The van der Waals surface area contributed by atoms with Crippen molar-refractivity contribution >= 4 is 27.3 Å². The van der Waals surface area contributed by atoms with Gasteiger partial charge >= 0.3 is 0 Å². The van der Waals surface area contributed by atoms with Gasteiger partial charge in [-0.2, -0.15) is 0 Å². The summed E-state index contributed by atoms with van der Waals surface area (Å²) in [5.74, 6) is 0.227. The van der Waals surface area contributed by atoms with E-state index < -0.39 is 15.9 Å². The predicted molar refractivity (Wildman–Crippen MR) is 111 cm³/mol. The number of nitrogens with zero attached hydrogens (tertiary/aromatic N) is 1. The summed E-state index contributed by atoms with van der Waals surface area (Å²) in [6.45, 7) is 5.80. The lowest BCUT2D eigenvalue weighted by Crippen LogP contribution is -2.31. The van der Waals surface area contributed by atoms with Gasteiger partial charge in [-0.3, -0.25) is 9.10 Å². The van der Waals surface area contributed by atoms with Crippen molar-refractivity contribution in [1.82, 2.24) is 0 Å². The average molecular weight is 407 g/mol. The predicted octanol–water partition coefficient (Wildman–Crippen LogP) is 3.36. The van der Waals surface area contributed by atoms with Crippen LogP contribution < -0.4 is 19.1 Å². The lowest BCUT2D eigenvalue weighted by Gasteiger charge is -2.24. The van der Waals surface area contributed by atoms with E-state index in [2.05, 4.69) is 5.32 Å². The Morgan fingerprint density at radius 1 is 1.04 bits per heavy atom. The number of anilines is 2. The van der Waals surface area contributed by atoms with Gasteiger partial charge in [-0.05, 0) is 50.1 Å². The molecular formula is C20H26N2O5S. The van der Waals surface area contributed by atoms with Gasteiger partial charge in [0.1, 0.15) is 0 Å². The maximum atomic E-state index is 13.0. The summed E-state index contributed by atoms with van der Waals surface area (Å²) < 4.78 is 36.2. The van der Waals surface area contributed by atoms with Gasteiger partial charge in [0, 0.05) is 18.3 Å². The molecule has 7 nitrogen and oxygen atoms in total. The molecule has 0 spiro atoms. The molecule has 1 amide bonds. The van der Waals surface area contributed by atoms with Gasteiger partial charge < -0.3 is 14.8 Å². The normalized spacial score (nSPS) is 11.1. The number of methoxy groups -OCH3 is 2. The number of ether oxygens (including phenoxy) is 2. The Bertz CT molecular complexity index is 986. The number of nitrogens with one attached hydrogen (secondary N) is 1. The molecule has 1 N–H and O–H groups in total.